The molecule has 0 aliphatic rings. The molecule has 0 saturated heterocycles. The average Bonchev–Trinajstić information content (AvgIpc) is 2.91. The van der Waals surface area contributed by atoms with Crippen molar-refractivity contribution in [3.05, 3.63) is 109 Å². The number of hydrogen-bond donors (Lipinski definition) is 3. The molecule has 1 atom stereocenters. The number of nitrogens with zero attached hydrogens (tertiary/aromatic N) is 2. The van der Waals surface area contributed by atoms with E-state index in [9.17, 15) is 28.7 Å². The van der Waals surface area contributed by atoms with Gasteiger partial charge in [0.2, 0.25) is 0 Å². The van der Waals surface area contributed by atoms with Gasteiger partial charge in [-0.05, 0) is 54.1 Å². The number of nitrogens with one attached hydrogen (secondary N) is 2. The highest BCUT2D eigenvalue weighted by atomic mass is 35.5. The summed E-state index contributed by atoms with van der Waals surface area (Å²) in [5.41, 5.74) is 0.769. The molecule has 0 saturated carbocycles. The van der Waals surface area contributed by atoms with Crippen LogP contribution in [0.2, 0.25) is 5.02 Å². The Morgan fingerprint density at radius 3 is 2.38 bits per heavy atom. The van der Waals surface area contributed by atoms with Crippen LogP contribution in [0.3, 0.4) is 0 Å². The predicted octanol–water partition coefficient (Wildman–Crippen LogP) is 3.02. The van der Waals surface area contributed by atoms with Gasteiger partial charge in [0.05, 0.1) is 27.2 Å². The van der Waals surface area contributed by atoms with Crippen LogP contribution in [0.25, 0.3) is 16.6 Å². The van der Waals surface area contributed by atoms with Crippen LogP contribution in [0.15, 0.2) is 70.3 Å². The number of carboxylic acids is 1. The van der Waals surface area contributed by atoms with E-state index >= 15 is 0 Å². The number of carboxylic acid groups (broad SMARTS) is 1. The zero-order chi connectivity index (χ0) is 28.3. The van der Waals surface area contributed by atoms with E-state index in [1.54, 1.807) is 31.3 Å². The highest BCUT2D eigenvalue weighted by molar-refractivity contribution is 6.33. The second-order valence-corrected chi connectivity index (χ2v) is 9.35. The Balaban J connectivity index is 1.62. The number of amides is 1. The lowest BCUT2D eigenvalue weighted by atomic mass is 10.0. The van der Waals surface area contributed by atoms with Gasteiger partial charge in [-0.25, -0.2) is 18.5 Å². The molecule has 0 bridgehead atoms. The minimum absolute atomic E-state index is 0.133. The summed E-state index contributed by atoms with van der Waals surface area (Å²) in [5, 5.41) is 15.4. The maximum Gasteiger partial charge on any atom is 0.335 e. The second kappa shape index (κ2) is 11.6. The normalized spacial score (nSPS) is 11.9. The first kappa shape index (κ1) is 27.7. The fourth-order valence-corrected chi connectivity index (χ4v) is 4.53. The first-order valence-electron chi connectivity index (χ1n) is 12.1. The van der Waals surface area contributed by atoms with Gasteiger partial charge in [-0.2, -0.15) is 0 Å². The van der Waals surface area contributed by atoms with Gasteiger partial charge in [-0.15, -0.1) is 0 Å². The SMILES string of the molecule is CCNCc1ccc2c(c1)c(=O)n(-c1ccc(C[C@H](NC(=O)c3c(F)cccc3Cl)C(=O)O)cc1)c(=O)n2C. The Morgan fingerprint density at radius 1 is 1.05 bits per heavy atom. The van der Waals surface area contributed by atoms with E-state index in [1.165, 1.54) is 28.8 Å². The summed E-state index contributed by atoms with van der Waals surface area (Å²) in [4.78, 5) is 50.8. The van der Waals surface area contributed by atoms with E-state index < -0.39 is 40.5 Å². The topological polar surface area (TPSA) is 122 Å². The van der Waals surface area contributed by atoms with E-state index in [-0.39, 0.29) is 11.4 Å². The third kappa shape index (κ3) is 5.76. The van der Waals surface area contributed by atoms with Crippen molar-refractivity contribution in [2.75, 3.05) is 6.54 Å². The summed E-state index contributed by atoms with van der Waals surface area (Å²) >= 11 is 5.92. The van der Waals surface area contributed by atoms with Crippen molar-refractivity contribution in [2.45, 2.75) is 25.9 Å². The van der Waals surface area contributed by atoms with E-state index in [4.69, 9.17) is 11.6 Å². The van der Waals surface area contributed by atoms with Crippen LogP contribution in [0.1, 0.15) is 28.4 Å². The molecule has 3 aromatic carbocycles. The van der Waals surface area contributed by atoms with Crippen LogP contribution in [0, 0.1) is 5.82 Å². The van der Waals surface area contributed by atoms with Gasteiger partial charge in [-0.1, -0.05) is 42.8 Å². The molecule has 1 heterocycles. The molecule has 0 fully saturated rings. The molecule has 1 aromatic heterocycles. The molecule has 1 amide bonds. The molecule has 39 heavy (non-hydrogen) atoms. The molecule has 4 aromatic rings. The van der Waals surface area contributed by atoms with Gasteiger partial charge < -0.3 is 15.7 Å². The first-order chi connectivity index (χ1) is 18.6. The summed E-state index contributed by atoms with van der Waals surface area (Å²) in [5.74, 6) is -3.15. The van der Waals surface area contributed by atoms with Crippen molar-refractivity contribution in [1.82, 2.24) is 19.8 Å². The second-order valence-electron chi connectivity index (χ2n) is 8.95. The maximum absolute atomic E-state index is 14.1. The minimum atomic E-state index is -1.38. The maximum atomic E-state index is 14.1. The molecular weight excluding hydrogens is 527 g/mol. The highest BCUT2D eigenvalue weighted by Gasteiger charge is 2.24. The molecular formula is C28H26ClFN4O5. The zero-order valence-corrected chi connectivity index (χ0v) is 22.0. The summed E-state index contributed by atoms with van der Waals surface area (Å²) in [6, 6.07) is 13.9. The van der Waals surface area contributed by atoms with Crippen LogP contribution in [-0.4, -0.2) is 38.7 Å². The van der Waals surface area contributed by atoms with Crippen molar-refractivity contribution in [1.29, 1.82) is 0 Å². The van der Waals surface area contributed by atoms with Gasteiger partial charge in [0.25, 0.3) is 11.5 Å². The molecule has 0 unspecified atom stereocenters. The molecule has 4 rings (SSSR count). The molecule has 0 spiro atoms. The lowest BCUT2D eigenvalue weighted by Gasteiger charge is -2.16. The lowest BCUT2D eigenvalue weighted by molar-refractivity contribution is -0.139. The molecule has 0 radical (unpaired) electrons. The highest BCUT2D eigenvalue weighted by Crippen LogP contribution is 2.19. The standard InChI is InChI=1S/C28H26ClFN4O5/c1-3-31-15-17-9-12-23-19(13-17)26(36)34(28(39)33(23)2)18-10-7-16(8-11-18)14-22(27(37)38)32-25(35)24-20(29)5-4-6-21(24)30/h4-13,22,31H,3,14-15H2,1-2H3,(H,32,35)(H,37,38)/t22-/m0/s1. The Kier molecular flexibility index (Phi) is 8.27. The van der Waals surface area contributed by atoms with Crippen LogP contribution in [0.5, 0.6) is 0 Å². The third-order valence-corrected chi connectivity index (χ3v) is 6.66. The van der Waals surface area contributed by atoms with Crippen molar-refractivity contribution in [3.8, 4) is 5.69 Å². The predicted molar refractivity (Wildman–Crippen MR) is 146 cm³/mol. The Hall–Kier alpha value is -4.28. The minimum Gasteiger partial charge on any atom is -0.480 e. The number of hydrogen-bond acceptors (Lipinski definition) is 5. The van der Waals surface area contributed by atoms with Crippen LogP contribution in [-0.2, 0) is 24.8 Å². The van der Waals surface area contributed by atoms with Crippen molar-refractivity contribution >= 4 is 34.4 Å². The van der Waals surface area contributed by atoms with Gasteiger partial charge in [-0.3, -0.25) is 14.2 Å². The number of aliphatic carboxylic acids is 1. The van der Waals surface area contributed by atoms with Crippen molar-refractivity contribution < 1.29 is 19.1 Å². The van der Waals surface area contributed by atoms with Crippen LogP contribution < -0.4 is 21.9 Å². The summed E-state index contributed by atoms with van der Waals surface area (Å²) in [7, 11) is 1.58. The van der Waals surface area contributed by atoms with Gasteiger partial charge in [0.1, 0.15) is 11.9 Å². The summed E-state index contributed by atoms with van der Waals surface area (Å²) < 4.78 is 16.6. The van der Waals surface area contributed by atoms with E-state index in [2.05, 4.69) is 10.6 Å². The van der Waals surface area contributed by atoms with Gasteiger partial charge in [0, 0.05) is 20.0 Å². The zero-order valence-electron chi connectivity index (χ0n) is 21.2. The largest absolute Gasteiger partial charge is 0.480 e. The number of fused-ring (bicyclic) bond motifs is 1. The number of carbonyl (C=O) groups is 2. The number of rotatable bonds is 9. The Morgan fingerprint density at radius 2 is 1.74 bits per heavy atom. The van der Waals surface area contributed by atoms with Gasteiger partial charge >= 0.3 is 11.7 Å². The number of aromatic nitrogens is 2. The average molecular weight is 553 g/mol. The first-order valence-corrected chi connectivity index (χ1v) is 12.5. The molecule has 9 nitrogen and oxygen atoms in total. The fourth-order valence-electron chi connectivity index (χ4n) is 4.28. The number of aryl methyl sites for hydroxylation is 1. The third-order valence-electron chi connectivity index (χ3n) is 6.34. The van der Waals surface area contributed by atoms with Crippen LogP contribution >= 0.6 is 11.6 Å². The fraction of sp³-hybridized carbons (Fsp3) is 0.214. The molecule has 0 aliphatic carbocycles. The summed E-state index contributed by atoms with van der Waals surface area (Å²) in [6.07, 6.45) is -0.133. The molecule has 202 valence electrons. The van der Waals surface area contributed by atoms with Gasteiger partial charge in [0.15, 0.2) is 0 Å². The smallest absolute Gasteiger partial charge is 0.335 e. The quantitative estimate of drug-likeness (QED) is 0.293. The molecule has 0 aliphatic heterocycles. The van der Waals surface area contributed by atoms with E-state index in [1.807, 2.05) is 13.0 Å². The number of benzene rings is 3. The monoisotopic (exact) mass is 552 g/mol. The van der Waals surface area contributed by atoms with Crippen molar-refractivity contribution in [2.24, 2.45) is 7.05 Å². The Bertz CT molecular complexity index is 1660. The summed E-state index contributed by atoms with van der Waals surface area (Å²) in [6.45, 7) is 3.33. The van der Waals surface area contributed by atoms with Crippen molar-refractivity contribution in [3.63, 3.8) is 0 Å². The van der Waals surface area contributed by atoms with Crippen LogP contribution in [0.4, 0.5) is 4.39 Å². The Labute approximate surface area is 227 Å². The molecule has 3 N–H and O–H groups in total. The number of carbonyl (C=O) groups excluding carboxylic acids is 1. The van der Waals surface area contributed by atoms with E-state index in [0.29, 0.717) is 28.7 Å². The van der Waals surface area contributed by atoms with E-state index in [0.717, 1.165) is 22.7 Å². The lowest BCUT2D eigenvalue weighted by Crippen LogP contribution is -2.42. The number of halogens is 2. The molecule has 11 heteroatoms.